The van der Waals surface area contributed by atoms with E-state index in [1.54, 1.807) is 0 Å². The highest BCUT2D eigenvalue weighted by Gasteiger charge is 2.41. The van der Waals surface area contributed by atoms with Crippen LogP contribution in [0.4, 0.5) is 0 Å². The van der Waals surface area contributed by atoms with Crippen LogP contribution in [0.25, 0.3) is 0 Å². The molecule has 0 saturated carbocycles. The molecular formula is C15H25N3O. The summed E-state index contributed by atoms with van der Waals surface area (Å²) in [6.07, 6.45) is 9.33. The maximum absolute atomic E-state index is 10.7. The largest absolute Gasteiger partial charge is 0.385 e. The summed E-state index contributed by atoms with van der Waals surface area (Å²) in [5.41, 5.74) is 0. The average Bonchev–Trinajstić information content (AvgIpc) is 2.91. The Morgan fingerprint density at radius 1 is 1.37 bits per heavy atom. The number of rotatable bonds is 4. The Kier molecular flexibility index (Phi) is 3.63. The highest BCUT2D eigenvalue weighted by Crippen LogP contribution is 2.42. The number of hydrogen-bond donors (Lipinski definition) is 1. The van der Waals surface area contributed by atoms with E-state index in [1.807, 2.05) is 12.4 Å². The monoisotopic (exact) mass is 263 g/mol. The molecule has 0 aliphatic carbocycles. The second-order valence-corrected chi connectivity index (χ2v) is 6.21. The molecule has 1 N–H and O–H groups in total. The van der Waals surface area contributed by atoms with Gasteiger partial charge in [-0.15, -0.1) is 0 Å². The van der Waals surface area contributed by atoms with Crippen LogP contribution in [0, 0.1) is 5.92 Å². The molecule has 3 atom stereocenters. The summed E-state index contributed by atoms with van der Waals surface area (Å²) < 4.78 is 2.12. The van der Waals surface area contributed by atoms with E-state index in [0.29, 0.717) is 18.0 Å². The van der Waals surface area contributed by atoms with Crippen LogP contribution in [0.5, 0.6) is 0 Å². The maximum Gasteiger partial charge on any atom is 0.137 e. The van der Waals surface area contributed by atoms with E-state index in [0.717, 1.165) is 31.6 Å². The van der Waals surface area contributed by atoms with Gasteiger partial charge in [0.05, 0.1) is 0 Å². The predicted molar refractivity (Wildman–Crippen MR) is 74.8 cm³/mol. The van der Waals surface area contributed by atoms with Crippen molar-refractivity contribution in [2.45, 2.75) is 63.8 Å². The first kappa shape index (κ1) is 13.1. The SMILES string of the molecule is CCCn1ccnc1C(O)C1CC2CCC(C1)N2C. The number of nitrogens with zero attached hydrogens (tertiary/aromatic N) is 3. The van der Waals surface area contributed by atoms with E-state index in [9.17, 15) is 5.11 Å². The molecule has 0 spiro atoms. The lowest BCUT2D eigenvalue weighted by atomic mass is 9.86. The van der Waals surface area contributed by atoms with E-state index in [4.69, 9.17) is 0 Å². The zero-order chi connectivity index (χ0) is 13.4. The first-order chi connectivity index (χ1) is 9.20. The van der Waals surface area contributed by atoms with Crippen LogP contribution < -0.4 is 0 Å². The lowest BCUT2D eigenvalue weighted by molar-refractivity contribution is 0.0287. The number of aromatic nitrogens is 2. The number of aliphatic hydroxyl groups is 1. The van der Waals surface area contributed by atoms with Crippen LogP contribution in [0.2, 0.25) is 0 Å². The molecule has 3 rings (SSSR count). The van der Waals surface area contributed by atoms with Gasteiger partial charge in [-0.3, -0.25) is 0 Å². The zero-order valence-electron chi connectivity index (χ0n) is 12.0. The van der Waals surface area contributed by atoms with Gasteiger partial charge in [0.1, 0.15) is 11.9 Å². The van der Waals surface area contributed by atoms with Gasteiger partial charge in [0.15, 0.2) is 0 Å². The van der Waals surface area contributed by atoms with Gasteiger partial charge in [0.25, 0.3) is 0 Å². The standard InChI is InChI=1S/C15H25N3O/c1-3-7-18-8-6-16-15(18)14(19)11-9-12-4-5-13(10-11)17(12)2/h6,8,11-14,19H,3-5,7,9-10H2,1-2H3. The molecule has 0 amide bonds. The predicted octanol–water partition coefficient (Wildman–Crippen LogP) is 2.20. The second-order valence-electron chi connectivity index (χ2n) is 6.21. The van der Waals surface area contributed by atoms with Gasteiger partial charge in [-0.25, -0.2) is 4.98 Å². The Balaban J connectivity index is 1.74. The third-order valence-corrected chi connectivity index (χ3v) is 5.06. The minimum Gasteiger partial charge on any atom is -0.385 e. The molecule has 2 saturated heterocycles. The van der Waals surface area contributed by atoms with E-state index in [1.165, 1.54) is 12.8 Å². The highest BCUT2D eigenvalue weighted by atomic mass is 16.3. The molecule has 2 fully saturated rings. The summed E-state index contributed by atoms with van der Waals surface area (Å²) in [5.74, 6) is 1.25. The molecule has 1 aromatic heterocycles. The molecule has 106 valence electrons. The number of aryl methyl sites for hydroxylation is 1. The van der Waals surface area contributed by atoms with E-state index < -0.39 is 6.10 Å². The number of fused-ring (bicyclic) bond motifs is 2. The van der Waals surface area contributed by atoms with Crippen LogP contribution in [0.1, 0.15) is 51.0 Å². The van der Waals surface area contributed by atoms with Gasteiger partial charge in [0, 0.05) is 31.0 Å². The topological polar surface area (TPSA) is 41.3 Å². The summed E-state index contributed by atoms with van der Waals surface area (Å²) >= 11 is 0. The molecule has 1 aromatic rings. The molecule has 2 aliphatic rings. The van der Waals surface area contributed by atoms with Crippen molar-refractivity contribution in [3.63, 3.8) is 0 Å². The molecule has 3 heterocycles. The lowest BCUT2D eigenvalue weighted by Gasteiger charge is -2.38. The Bertz CT molecular complexity index is 417. The van der Waals surface area contributed by atoms with Gasteiger partial charge >= 0.3 is 0 Å². The Morgan fingerprint density at radius 2 is 2.05 bits per heavy atom. The minimum absolute atomic E-state index is 0.381. The summed E-state index contributed by atoms with van der Waals surface area (Å²) in [6, 6.07) is 1.35. The smallest absolute Gasteiger partial charge is 0.137 e. The highest BCUT2D eigenvalue weighted by molar-refractivity contribution is 5.03. The molecule has 19 heavy (non-hydrogen) atoms. The fourth-order valence-corrected chi connectivity index (χ4v) is 3.94. The number of hydrogen-bond acceptors (Lipinski definition) is 3. The summed E-state index contributed by atoms with van der Waals surface area (Å²) in [4.78, 5) is 6.91. The van der Waals surface area contributed by atoms with Crippen LogP contribution >= 0.6 is 0 Å². The molecule has 0 radical (unpaired) electrons. The molecule has 2 aliphatic heterocycles. The van der Waals surface area contributed by atoms with Crippen molar-refractivity contribution in [1.82, 2.24) is 14.5 Å². The third-order valence-electron chi connectivity index (χ3n) is 5.06. The van der Waals surface area contributed by atoms with Crippen LogP contribution in [0.3, 0.4) is 0 Å². The van der Waals surface area contributed by atoms with E-state index in [2.05, 4.69) is 28.4 Å². The van der Waals surface area contributed by atoms with Crippen molar-refractivity contribution >= 4 is 0 Å². The van der Waals surface area contributed by atoms with Gasteiger partial charge in [-0.1, -0.05) is 6.92 Å². The van der Waals surface area contributed by atoms with Gasteiger partial charge in [-0.2, -0.15) is 0 Å². The van der Waals surface area contributed by atoms with Crippen molar-refractivity contribution in [3.05, 3.63) is 18.2 Å². The van der Waals surface area contributed by atoms with Crippen molar-refractivity contribution < 1.29 is 5.11 Å². The van der Waals surface area contributed by atoms with Crippen molar-refractivity contribution in [3.8, 4) is 0 Å². The second kappa shape index (κ2) is 5.25. The average molecular weight is 263 g/mol. The Labute approximate surface area is 115 Å². The summed E-state index contributed by atoms with van der Waals surface area (Å²) in [5, 5.41) is 10.7. The molecule has 4 heteroatoms. The van der Waals surface area contributed by atoms with Crippen LogP contribution in [-0.2, 0) is 6.54 Å². The summed E-state index contributed by atoms with van der Waals surface area (Å²) in [6.45, 7) is 3.11. The molecule has 0 aromatic carbocycles. The van der Waals surface area contributed by atoms with Gasteiger partial charge in [-0.05, 0) is 45.1 Å². The molecule has 2 bridgehead atoms. The first-order valence-electron chi connectivity index (χ1n) is 7.61. The summed E-state index contributed by atoms with van der Waals surface area (Å²) in [7, 11) is 2.24. The third kappa shape index (κ3) is 2.32. The first-order valence-corrected chi connectivity index (χ1v) is 7.61. The molecular weight excluding hydrogens is 238 g/mol. The minimum atomic E-state index is -0.390. The maximum atomic E-state index is 10.7. The fraction of sp³-hybridized carbons (Fsp3) is 0.800. The molecule has 4 nitrogen and oxygen atoms in total. The Morgan fingerprint density at radius 3 is 2.68 bits per heavy atom. The van der Waals surface area contributed by atoms with Crippen molar-refractivity contribution in [1.29, 1.82) is 0 Å². The lowest BCUT2D eigenvalue weighted by Crippen LogP contribution is -2.41. The van der Waals surface area contributed by atoms with E-state index in [-0.39, 0.29) is 0 Å². The Hall–Kier alpha value is -0.870. The van der Waals surface area contributed by atoms with Crippen LogP contribution in [0.15, 0.2) is 12.4 Å². The normalized spacial score (nSPS) is 32.7. The zero-order valence-corrected chi connectivity index (χ0v) is 12.0. The van der Waals surface area contributed by atoms with E-state index >= 15 is 0 Å². The number of imidazole rings is 1. The van der Waals surface area contributed by atoms with Crippen molar-refractivity contribution in [2.75, 3.05) is 7.05 Å². The number of aliphatic hydroxyl groups excluding tert-OH is 1. The quantitative estimate of drug-likeness (QED) is 0.905. The van der Waals surface area contributed by atoms with Gasteiger partial charge < -0.3 is 14.6 Å². The molecule has 3 unspecified atom stereocenters. The van der Waals surface area contributed by atoms with Crippen LogP contribution in [-0.4, -0.2) is 38.7 Å². The number of piperidine rings is 1. The van der Waals surface area contributed by atoms with Crippen molar-refractivity contribution in [2.24, 2.45) is 5.92 Å². The fourth-order valence-electron chi connectivity index (χ4n) is 3.94. The van der Waals surface area contributed by atoms with Gasteiger partial charge in [0.2, 0.25) is 0 Å².